The van der Waals surface area contributed by atoms with Gasteiger partial charge in [-0.1, -0.05) is 6.07 Å². The second-order valence-corrected chi connectivity index (χ2v) is 3.26. The fourth-order valence-corrected chi connectivity index (χ4v) is 1.36. The van der Waals surface area contributed by atoms with E-state index in [9.17, 15) is 4.79 Å². The standard InChI is InChI=1S/C10H12N2O2/c1-14-10(13)12(8-5-6-8)9-4-2-3-7-11-9/h2-4,7-8H,5-6H2,1H3. The molecule has 0 radical (unpaired) electrons. The van der Waals surface area contributed by atoms with Crippen molar-refractivity contribution in [1.82, 2.24) is 4.98 Å². The summed E-state index contributed by atoms with van der Waals surface area (Å²) in [6.07, 6.45) is 3.41. The number of pyridine rings is 1. The average molecular weight is 192 g/mol. The number of carbonyl (C=O) groups is 1. The third-order valence-corrected chi connectivity index (χ3v) is 2.18. The summed E-state index contributed by atoms with van der Waals surface area (Å²) in [7, 11) is 1.39. The maximum absolute atomic E-state index is 11.5. The molecule has 0 atom stereocenters. The summed E-state index contributed by atoms with van der Waals surface area (Å²) in [5.41, 5.74) is 0. The number of aromatic nitrogens is 1. The molecule has 1 aromatic heterocycles. The van der Waals surface area contributed by atoms with E-state index in [4.69, 9.17) is 4.74 Å². The van der Waals surface area contributed by atoms with E-state index in [0.29, 0.717) is 5.82 Å². The fraction of sp³-hybridized carbons (Fsp3) is 0.400. The number of hydrogen-bond donors (Lipinski definition) is 0. The molecule has 0 aromatic carbocycles. The third kappa shape index (κ3) is 1.69. The highest BCUT2D eigenvalue weighted by Gasteiger charge is 2.35. The average Bonchev–Trinajstić information content (AvgIpc) is 3.04. The lowest BCUT2D eigenvalue weighted by Crippen LogP contribution is -2.33. The van der Waals surface area contributed by atoms with E-state index < -0.39 is 0 Å². The second kappa shape index (κ2) is 3.65. The molecule has 4 nitrogen and oxygen atoms in total. The predicted molar refractivity (Wildman–Crippen MR) is 52.1 cm³/mol. The first-order valence-corrected chi connectivity index (χ1v) is 4.61. The van der Waals surface area contributed by atoms with Crippen molar-refractivity contribution in [2.75, 3.05) is 12.0 Å². The molecule has 14 heavy (non-hydrogen) atoms. The van der Waals surface area contributed by atoms with Crippen molar-refractivity contribution in [2.24, 2.45) is 0 Å². The van der Waals surface area contributed by atoms with Crippen LogP contribution in [0.15, 0.2) is 24.4 Å². The molecule has 0 bridgehead atoms. The van der Waals surface area contributed by atoms with Gasteiger partial charge in [0.05, 0.1) is 7.11 Å². The van der Waals surface area contributed by atoms with Crippen molar-refractivity contribution in [3.05, 3.63) is 24.4 Å². The molecule has 74 valence electrons. The van der Waals surface area contributed by atoms with Gasteiger partial charge in [0.1, 0.15) is 5.82 Å². The summed E-state index contributed by atoms with van der Waals surface area (Å²) in [5.74, 6) is 0.668. The SMILES string of the molecule is COC(=O)N(c1ccccn1)C1CC1. The van der Waals surface area contributed by atoms with E-state index in [1.165, 1.54) is 7.11 Å². The van der Waals surface area contributed by atoms with Gasteiger partial charge in [0, 0.05) is 12.2 Å². The Labute approximate surface area is 82.5 Å². The van der Waals surface area contributed by atoms with Gasteiger partial charge in [-0.25, -0.2) is 9.78 Å². The van der Waals surface area contributed by atoms with Crippen LogP contribution in [-0.2, 0) is 4.74 Å². The van der Waals surface area contributed by atoms with Gasteiger partial charge in [0.2, 0.25) is 0 Å². The summed E-state index contributed by atoms with van der Waals surface area (Å²) < 4.78 is 4.72. The molecule has 4 heteroatoms. The summed E-state index contributed by atoms with van der Waals surface area (Å²) >= 11 is 0. The normalized spacial score (nSPS) is 14.9. The Balaban J connectivity index is 2.22. The van der Waals surface area contributed by atoms with Crippen LogP contribution in [0.25, 0.3) is 0 Å². The highest BCUT2D eigenvalue weighted by Crippen LogP contribution is 2.30. The molecule has 1 aliphatic carbocycles. The van der Waals surface area contributed by atoms with E-state index >= 15 is 0 Å². The van der Waals surface area contributed by atoms with Crippen molar-refractivity contribution in [1.29, 1.82) is 0 Å². The molecule has 1 heterocycles. The molecule has 1 aliphatic rings. The van der Waals surface area contributed by atoms with E-state index in [2.05, 4.69) is 4.98 Å². The molecular weight excluding hydrogens is 180 g/mol. The number of anilines is 1. The Morgan fingerprint density at radius 1 is 1.57 bits per heavy atom. The van der Waals surface area contributed by atoms with Gasteiger partial charge in [0.15, 0.2) is 0 Å². The van der Waals surface area contributed by atoms with Crippen LogP contribution in [0.2, 0.25) is 0 Å². The van der Waals surface area contributed by atoms with E-state index in [-0.39, 0.29) is 12.1 Å². The highest BCUT2D eigenvalue weighted by atomic mass is 16.5. The van der Waals surface area contributed by atoms with Crippen molar-refractivity contribution in [3.8, 4) is 0 Å². The zero-order valence-corrected chi connectivity index (χ0v) is 8.01. The monoisotopic (exact) mass is 192 g/mol. The van der Waals surface area contributed by atoms with Gasteiger partial charge >= 0.3 is 6.09 Å². The van der Waals surface area contributed by atoms with Crippen LogP contribution in [0.3, 0.4) is 0 Å². The van der Waals surface area contributed by atoms with Crippen LogP contribution >= 0.6 is 0 Å². The fourth-order valence-electron chi connectivity index (χ4n) is 1.36. The van der Waals surface area contributed by atoms with Crippen LogP contribution in [0.1, 0.15) is 12.8 Å². The zero-order chi connectivity index (χ0) is 9.97. The topological polar surface area (TPSA) is 42.4 Å². The third-order valence-electron chi connectivity index (χ3n) is 2.18. The molecule has 0 N–H and O–H groups in total. The maximum atomic E-state index is 11.5. The minimum atomic E-state index is -0.328. The quantitative estimate of drug-likeness (QED) is 0.717. The van der Waals surface area contributed by atoms with Crippen LogP contribution in [0.5, 0.6) is 0 Å². The molecule has 0 saturated heterocycles. The van der Waals surface area contributed by atoms with Crippen LogP contribution < -0.4 is 4.90 Å². The largest absolute Gasteiger partial charge is 0.452 e. The number of rotatable bonds is 2. The summed E-state index contributed by atoms with van der Waals surface area (Å²) in [6.45, 7) is 0. The highest BCUT2D eigenvalue weighted by molar-refractivity contribution is 5.87. The predicted octanol–water partition coefficient (Wildman–Crippen LogP) is 1.82. The van der Waals surface area contributed by atoms with Crippen molar-refractivity contribution < 1.29 is 9.53 Å². The van der Waals surface area contributed by atoms with Gasteiger partial charge in [-0.2, -0.15) is 0 Å². The number of methoxy groups -OCH3 is 1. The van der Waals surface area contributed by atoms with Gasteiger partial charge in [-0.3, -0.25) is 4.90 Å². The van der Waals surface area contributed by atoms with Gasteiger partial charge in [-0.15, -0.1) is 0 Å². The number of hydrogen-bond acceptors (Lipinski definition) is 3. The Morgan fingerprint density at radius 2 is 2.36 bits per heavy atom. The lowest BCUT2D eigenvalue weighted by atomic mass is 10.4. The molecule has 1 aromatic rings. The minimum Gasteiger partial charge on any atom is -0.452 e. The smallest absolute Gasteiger partial charge is 0.415 e. The Bertz CT molecular complexity index is 322. The lowest BCUT2D eigenvalue weighted by molar-refractivity contribution is 0.178. The Hall–Kier alpha value is -1.58. The van der Waals surface area contributed by atoms with E-state index in [1.807, 2.05) is 18.2 Å². The van der Waals surface area contributed by atoms with Crippen LogP contribution in [-0.4, -0.2) is 24.2 Å². The van der Waals surface area contributed by atoms with E-state index in [0.717, 1.165) is 12.8 Å². The van der Waals surface area contributed by atoms with Crippen molar-refractivity contribution >= 4 is 11.9 Å². The molecule has 0 aliphatic heterocycles. The van der Waals surface area contributed by atoms with Crippen molar-refractivity contribution in [3.63, 3.8) is 0 Å². The minimum absolute atomic E-state index is 0.275. The molecule has 0 unspecified atom stereocenters. The summed E-state index contributed by atoms with van der Waals surface area (Å²) in [5, 5.41) is 0. The Kier molecular flexibility index (Phi) is 2.35. The van der Waals surface area contributed by atoms with Gasteiger partial charge < -0.3 is 4.74 Å². The van der Waals surface area contributed by atoms with E-state index in [1.54, 1.807) is 11.1 Å². The van der Waals surface area contributed by atoms with Gasteiger partial charge in [-0.05, 0) is 25.0 Å². The zero-order valence-electron chi connectivity index (χ0n) is 8.01. The number of amides is 1. The number of nitrogens with zero attached hydrogens (tertiary/aromatic N) is 2. The molecular formula is C10H12N2O2. The first kappa shape index (κ1) is 8.99. The molecule has 2 rings (SSSR count). The number of ether oxygens (including phenoxy) is 1. The first-order chi connectivity index (χ1) is 6.83. The molecule has 1 amide bonds. The molecule has 0 spiro atoms. The van der Waals surface area contributed by atoms with Gasteiger partial charge in [0.25, 0.3) is 0 Å². The van der Waals surface area contributed by atoms with Crippen LogP contribution in [0.4, 0.5) is 10.6 Å². The van der Waals surface area contributed by atoms with Crippen LogP contribution in [0, 0.1) is 0 Å². The Morgan fingerprint density at radius 3 is 2.86 bits per heavy atom. The summed E-state index contributed by atoms with van der Waals surface area (Å²) in [6, 6.07) is 5.78. The number of carbonyl (C=O) groups excluding carboxylic acids is 1. The second-order valence-electron chi connectivity index (χ2n) is 3.26. The van der Waals surface area contributed by atoms with Crippen molar-refractivity contribution in [2.45, 2.75) is 18.9 Å². The maximum Gasteiger partial charge on any atom is 0.415 e. The first-order valence-electron chi connectivity index (χ1n) is 4.61. The molecule has 1 fully saturated rings. The molecule has 1 saturated carbocycles. The summed E-state index contributed by atoms with van der Waals surface area (Å²) in [4.78, 5) is 17.2. The lowest BCUT2D eigenvalue weighted by Gasteiger charge is -2.19.